The van der Waals surface area contributed by atoms with Gasteiger partial charge in [0.05, 0.1) is 5.56 Å². The number of amides is 1. The first-order valence-corrected chi connectivity index (χ1v) is 8.57. The summed E-state index contributed by atoms with van der Waals surface area (Å²) in [5.41, 5.74) is 7.39. The average Bonchev–Trinajstić information content (AvgIpc) is 3.26. The molecule has 1 aliphatic carbocycles. The summed E-state index contributed by atoms with van der Waals surface area (Å²) in [6.07, 6.45) is 4.09. The third kappa shape index (κ3) is 2.94. The van der Waals surface area contributed by atoms with Gasteiger partial charge in [-0.2, -0.15) is 4.98 Å². The van der Waals surface area contributed by atoms with Crippen molar-refractivity contribution in [2.24, 2.45) is 5.73 Å². The Morgan fingerprint density at radius 2 is 2.19 bits per heavy atom. The predicted octanol–water partition coefficient (Wildman–Crippen LogP) is 2.98. The van der Waals surface area contributed by atoms with Crippen LogP contribution in [-0.4, -0.2) is 39.9 Å². The normalized spacial score (nSPS) is 19.8. The summed E-state index contributed by atoms with van der Waals surface area (Å²) < 4.78 is 20.2. The standard InChI is InChI=1S/C19H19FN4O2/c1-24(13-6-5-12(21)10-13)19(25)14-7-4-11(9-15(14)20)18-23-17-16(26-18)3-2-8-22-17/h2-4,7-9,12-13H,5-6,10,21H2,1H3/t12-,13+/m0/s1. The maximum atomic E-state index is 14.6. The quantitative estimate of drug-likeness (QED) is 0.781. The van der Waals surface area contributed by atoms with Crippen molar-refractivity contribution in [2.45, 2.75) is 31.3 Å². The van der Waals surface area contributed by atoms with E-state index in [1.165, 1.54) is 12.1 Å². The average molecular weight is 354 g/mol. The highest BCUT2D eigenvalue weighted by Crippen LogP contribution is 2.27. The van der Waals surface area contributed by atoms with Crippen LogP contribution in [0.4, 0.5) is 4.39 Å². The summed E-state index contributed by atoms with van der Waals surface area (Å²) in [6, 6.07) is 8.02. The minimum Gasteiger partial charge on any atom is -0.434 e. The predicted molar refractivity (Wildman–Crippen MR) is 94.9 cm³/mol. The summed E-state index contributed by atoms with van der Waals surface area (Å²) in [5.74, 6) is -0.670. The number of hydrogen-bond acceptors (Lipinski definition) is 5. The maximum absolute atomic E-state index is 14.6. The topological polar surface area (TPSA) is 85.2 Å². The fourth-order valence-corrected chi connectivity index (χ4v) is 3.41. The number of nitrogens with two attached hydrogens (primary N) is 1. The molecule has 0 bridgehead atoms. The first-order chi connectivity index (χ1) is 12.5. The summed E-state index contributed by atoms with van der Waals surface area (Å²) in [7, 11) is 1.70. The largest absolute Gasteiger partial charge is 0.434 e. The highest BCUT2D eigenvalue weighted by molar-refractivity contribution is 5.95. The van der Waals surface area contributed by atoms with Gasteiger partial charge in [-0.25, -0.2) is 9.37 Å². The highest BCUT2D eigenvalue weighted by atomic mass is 19.1. The van der Waals surface area contributed by atoms with Gasteiger partial charge in [0.2, 0.25) is 5.89 Å². The molecule has 1 aliphatic rings. The van der Waals surface area contributed by atoms with E-state index in [0.29, 0.717) is 16.8 Å². The molecule has 1 aromatic carbocycles. The molecule has 0 unspecified atom stereocenters. The fraction of sp³-hybridized carbons (Fsp3) is 0.316. The Labute approximate surface area is 149 Å². The van der Waals surface area contributed by atoms with Crippen LogP contribution >= 0.6 is 0 Å². The van der Waals surface area contributed by atoms with Gasteiger partial charge in [0.1, 0.15) is 5.82 Å². The van der Waals surface area contributed by atoms with E-state index in [9.17, 15) is 9.18 Å². The van der Waals surface area contributed by atoms with Gasteiger partial charge in [-0.1, -0.05) is 0 Å². The molecule has 1 saturated carbocycles. The Hall–Kier alpha value is -2.80. The van der Waals surface area contributed by atoms with E-state index in [-0.39, 0.29) is 29.4 Å². The SMILES string of the molecule is CN(C(=O)c1ccc(-c2nc3ncccc3o2)cc1F)[C@@H]1CC[C@H](N)C1. The number of benzene rings is 1. The van der Waals surface area contributed by atoms with Gasteiger partial charge in [0, 0.05) is 30.9 Å². The Bertz CT molecular complexity index is 938. The second kappa shape index (κ2) is 6.49. The molecule has 0 saturated heterocycles. The van der Waals surface area contributed by atoms with E-state index in [1.807, 2.05) is 0 Å². The Kier molecular flexibility index (Phi) is 4.16. The summed E-state index contributed by atoms with van der Waals surface area (Å²) in [6.45, 7) is 0. The van der Waals surface area contributed by atoms with Crippen molar-refractivity contribution in [2.75, 3.05) is 7.05 Å². The lowest BCUT2D eigenvalue weighted by atomic mass is 10.1. The molecule has 2 heterocycles. The Morgan fingerprint density at radius 1 is 1.35 bits per heavy atom. The van der Waals surface area contributed by atoms with Gasteiger partial charge in [0.15, 0.2) is 11.2 Å². The zero-order valence-corrected chi connectivity index (χ0v) is 14.4. The minimum absolute atomic E-state index is 0.0333. The van der Waals surface area contributed by atoms with Crippen LogP contribution in [0.15, 0.2) is 40.9 Å². The number of fused-ring (bicyclic) bond motifs is 1. The van der Waals surface area contributed by atoms with E-state index in [4.69, 9.17) is 10.2 Å². The van der Waals surface area contributed by atoms with Crippen molar-refractivity contribution in [3.63, 3.8) is 0 Å². The van der Waals surface area contributed by atoms with Crippen molar-refractivity contribution in [1.29, 1.82) is 0 Å². The molecule has 1 amide bonds. The molecule has 134 valence electrons. The molecule has 3 aromatic rings. The third-order valence-corrected chi connectivity index (χ3v) is 4.92. The maximum Gasteiger partial charge on any atom is 0.256 e. The second-order valence-electron chi connectivity index (χ2n) is 6.68. The Morgan fingerprint density at radius 3 is 2.88 bits per heavy atom. The van der Waals surface area contributed by atoms with Gasteiger partial charge in [-0.3, -0.25) is 4.79 Å². The molecular weight excluding hydrogens is 335 g/mol. The van der Waals surface area contributed by atoms with E-state index in [2.05, 4.69) is 9.97 Å². The zero-order valence-electron chi connectivity index (χ0n) is 14.4. The van der Waals surface area contributed by atoms with Crippen molar-refractivity contribution in [3.8, 4) is 11.5 Å². The number of oxazole rings is 1. The van der Waals surface area contributed by atoms with Crippen LogP contribution in [-0.2, 0) is 0 Å². The van der Waals surface area contributed by atoms with E-state index >= 15 is 0 Å². The van der Waals surface area contributed by atoms with Crippen LogP contribution in [0, 0.1) is 5.82 Å². The Balaban J connectivity index is 1.60. The lowest BCUT2D eigenvalue weighted by molar-refractivity contribution is 0.0729. The van der Waals surface area contributed by atoms with Crippen LogP contribution < -0.4 is 5.73 Å². The molecule has 7 heteroatoms. The van der Waals surface area contributed by atoms with Gasteiger partial charge >= 0.3 is 0 Å². The van der Waals surface area contributed by atoms with E-state index in [0.717, 1.165) is 19.3 Å². The number of carbonyl (C=O) groups is 1. The van der Waals surface area contributed by atoms with Crippen LogP contribution in [0.5, 0.6) is 0 Å². The molecule has 0 radical (unpaired) electrons. The van der Waals surface area contributed by atoms with E-state index in [1.54, 1.807) is 36.3 Å². The molecular formula is C19H19FN4O2. The molecule has 2 aromatic heterocycles. The number of halogens is 1. The molecule has 4 rings (SSSR count). The number of pyridine rings is 1. The number of carbonyl (C=O) groups excluding carboxylic acids is 1. The van der Waals surface area contributed by atoms with Gasteiger partial charge in [-0.05, 0) is 49.6 Å². The summed E-state index contributed by atoms with van der Waals surface area (Å²) in [5, 5.41) is 0. The minimum atomic E-state index is -0.600. The van der Waals surface area contributed by atoms with Crippen molar-refractivity contribution in [3.05, 3.63) is 47.9 Å². The van der Waals surface area contributed by atoms with Crippen LogP contribution in [0.25, 0.3) is 22.7 Å². The fourth-order valence-electron chi connectivity index (χ4n) is 3.41. The van der Waals surface area contributed by atoms with Crippen LogP contribution in [0.1, 0.15) is 29.6 Å². The molecule has 26 heavy (non-hydrogen) atoms. The molecule has 0 aliphatic heterocycles. The second-order valence-corrected chi connectivity index (χ2v) is 6.68. The van der Waals surface area contributed by atoms with Crippen molar-refractivity contribution >= 4 is 17.1 Å². The number of rotatable bonds is 3. The molecule has 2 atom stereocenters. The lowest BCUT2D eigenvalue weighted by Gasteiger charge is -2.24. The van der Waals surface area contributed by atoms with Crippen molar-refractivity contribution in [1.82, 2.24) is 14.9 Å². The lowest BCUT2D eigenvalue weighted by Crippen LogP contribution is -2.36. The monoisotopic (exact) mass is 354 g/mol. The smallest absolute Gasteiger partial charge is 0.256 e. The first kappa shape index (κ1) is 16.7. The molecule has 2 N–H and O–H groups in total. The summed E-state index contributed by atoms with van der Waals surface area (Å²) in [4.78, 5) is 22.6. The van der Waals surface area contributed by atoms with Crippen LogP contribution in [0.3, 0.4) is 0 Å². The van der Waals surface area contributed by atoms with Gasteiger partial charge < -0.3 is 15.1 Å². The van der Waals surface area contributed by atoms with Crippen LogP contribution in [0.2, 0.25) is 0 Å². The molecule has 0 spiro atoms. The van der Waals surface area contributed by atoms with Gasteiger partial charge in [0.25, 0.3) is 5.91 Å². The van der Waals surface area contributed by atoms with Gasteiger partial charge in [-0.15, -0.1) is 0 Å². The first-order valence-electron chi connectivity index (χ1n) is 8.57. The summed E-state index contributed by atoms with van der Waals surface area (Å²) >= 11 is 0. The molecule has 1 fully saturated rings. The number of hydrogen-bond donors (Lipinski definition) is 1. The van der Waals surface area contributed by atoms with E-state index < -0.39 is 5.82 Å². The van der Waals surface area contributed by atoms with Crippen molar-refractivity contribution < 1.29 is 13.6 Å². The highest BCUT2D eigenvalue weighted by Gasteiger charge is 2.29. The number of nitrogens with zero attached hydrogens (tertiary/aromatic N) is 3. The third-order valence-electron chi connectivity index (χ3n) is 4.92. The zero-order chi connectivity index (χ0) is 18.3. The number of aromatic nitrogens is 2. The molecule has 6 nitrogen and oxygen atoms in total.